The highest BCUT2D eigenvalue weighted by molar-refractivity contribution is 6.04. The van der Waals surface area contributed by atoms with E-state index in [0.29, 0.717) is 23.1 Å². The number of H-pyrrole nitrogens is 2. The lowest BCUT2D eigenvalue weighted by Crippen LogP contribution is -2.31. The highest BCUT2D eigenvalue weighted by Crippen LogP contribution is 2.12. The number of imidazole rings is 1. The number of nitrogens with zero attached hydrogens (tertiary/aromatic N) is 1. The highest BCUT2D eigenvalue weighted by Gasteiger charge is 2.11. The molecule has 1 aromatic carbocycles. The second-order valence-corrected chi connectivity index (χ2v) is 4.37. The van der Waals surface area contributed by atoms with Crippen molar-refractivity contribution in [2.24, 2.45) is 0 Å². The van der Waals surface area contributed by atoms with Crippen LogP contribution in [0, 0.1) is 0 Å². The van der Waals surface area contributed by atoms with E-state index in [-0.39, 0.29) is 11.6 Å². The predicted molar refractivity (Wildman–Crippen MR) is 69.8 cm³/mol. The first-order valence-electron chi connectivity index (χ1n) is 5.72. The Morgan fingerprint density at radius 2 is 2.11 bits per heavy atom. The number of hydrogen-bond donors (Lipinski definition) is 3. The molecule has 0 spiro atoms. The van der Waals surface area contributed by atoms with Crippen LogP contribution < -0.4 is 11.0 Å². The van der Waals surface area contributed by atoms with Crippen LogP contribution in [0.2, 0.25) is 0 Å². The summed E-state index contributed by atoms with van der Waals surface area (Å²) in [5.41, 5.74) is 1.35. The summed E-state index contributed by atoms with van der Waals surface area (Å²) >= 11 is 0. The van der Waals surface area contributed by atoms with Crippen LogP contribution in [0.15, 0.2) is 23.0 Å². The van der Waals surface area contributed by atoms with Gasteiger partial charge in [-0.3, -0.25) is 4.79 Å². The maximum atomic E-state index is 12.0. The first-order chi connectivity index (χ1) is 8.58. The fraction of sp³-hybridized carbons (Fsp3) is 0.333. The third-order valence-electron chi connectivity index (χ3n) is 2.64. The molecule has 0 atom stereocenters. The van der Waals surface area contributed by atoms with Crippen molar-refractivity contribution in [3.8, 4) is 0 Å². The Hall–Kier alpha value is -2.08. The summed E-state index contributed by atoms with van der Waals surface area (Å²) in [6.45, 7) is 1.34. The van der Waals surface area contributed by atoms with E-state index in [1.807, 2.05) is 19.0 Å². The summed E-state index contributed by atoms with van der Waals surface area (Å²) < 4.78 is 0. The molecule has 0 aliphatic heterocycles. The van der Waals surface area contributed by atoms with E-state index in [9.17, 15) is 9.59 Å². The zero-order valence-electron chi connectivity index (χ0n) is 10.4. The number of hydrogen-bond acceptors (Lipinski definition) is 3. The number of benzene rings is 1. The van der Waals surface area contributed by atoms with Gasteiger partial charge in [0.2, 0.25) is 0 Å². The van der Waals surface area contributed by atoms with E-state index in [1.165, 1.54) is 0 Å². The van der Waals surface area contributed by atoms with E-state index in [2.05, 4.69) is 15.3 Å². The second kappa shape index (κ2) is 5.05. The van der Waals surface area contributed by atoms with Crippen molar-refractivity contribution in [1.82, 2.24) is 20.2 Å². The number of fused-ring (bicyclic) bond motifs is 1. The lowest BCUT2D eigenvalue weighted by atomic mass is 10.1. The van der Waals surface area contributed by atoms with Crippen molar-refractivity contribution in [1.29, 1.82) is 0 Å². The zero-order valence-corrected chi connectivity index (χ0v) is 10.4. The molecule has 6 nitrogen and oxygen atoms in total. The Balaban J connectivity index is 2.20. The number of nitrogens with one attached hydrogen (secondary N) is 3. The third kappa shape index (κ3) is 2.60. The van der Waals surface area contributed by atoms with Crippen molar-refractivity contribution in [2.75, 3.05) is 27.2 Å². The van der Waals surface area contributed by atoms with Crippen molar-refractivity contribution >= 4 is 16.9 Å². The molecule has 1 amide bonds. The monoisotopic (exact) mass is 248 g/mol. The molecule has 2 rings (SSSR count). The summed E-state index contributed by atoms with van der Waals surface area (Å²) in [5, 5.41) is 2.82. The minimum Gasteiger partial charge on any atom is -0.351 e. The third-order valence-corrected chi connectivity index (χ3v) is 2.64. The van der Waals surface area contributed by atoms with Gasteiger partial charge in [0.15, 0.2) is 0 Å². The van der Waals surface area contributed by atoms with Gasteiger partial charge in [-0.15, -0.1) is 0 Å². The van der Waals surface area contributed by atoms with Gasteiger partial charge in [0, 0.05) is 13.1 Å². The van der Waals surface area contributed by atoms with E-state index >= 15 is 0 Å². The van der Waals surface area contributed by atoms with Crippen LogP contribution in [-0.2, 0) is 0 Å². The number of amides is 1. The molecule has 0 fully saturated rings. The molecule has 0 unspecified atom stereocenters. The van der Waals surface area contributed by atoms with Gasteiger partial charge in [0.05, 0.1) is 16.6 Å². The van der Waals surface area contributed by atoms with Gasteiger partial charge >= 0.3 is 5.69 Å². The van der Waals surface area contributed by atoms with Gasteiger partial charge in [-0.2, -0.15) is 0 Å². The molecule has 0 saturated carbocycles. The van der Waals surface area contributed by atoms with Crippen LogP contribution >= 0.6 is 0 Å². The topological polar surface area (TPSA) is 81.0 Å². The average Bonchev–Trinajstić information content (AvgIpc) is 2.67. The first-order valence-corrected chi connectivity index (χ1v) is 5.72. The summed E-state index contributed by atoms with van der Waals surface area (Å²) in [6, 6.07) is 5.19. The van der Waals surface area contributed by atoms with Crippen LogP contribution in [0.25, 0.3) is 11.0 Å². The molecule has 0 aliphatic carbocycles. The molecule has 0 radical (unpaired) electrons. The van der Waals surface area contributed by atoms with Gasteiger partial charge in [0.25, 0.3) is 5.91 Å². The molecule has 1 heterocycles. The smallest absolute Gasteiger partial charge is 0.323 e. The van der Waals surface area contributed by atoms with E-state index in [0.717, 1.165) is 6.54 Å². The molecule has 0 aliphatic rings. The molecule has 1 aromatic heterocycles. The quantitative estimate of drug-likeness (QED) is 0.720. The van der Waals surface area contributed by atoms with Crippen LogP contribution in [0.4, 0.5) is 0 Å². The van der Waals surface area contributed by atoms with Crippen LogP contribution in [-0.4, -0.2) is 48.0 Å². The molecular weight excluding hydrogens is 232 g/mol. The molecule has 2 aromatic rings. The lowest BCUT2D eigenvalue weighted by molar-refractivity contribution is 0.0952. The predicted octanol–water partition coefficient (Wildman–Crippen LogP) is 0.148. The average molecular weight is 248 g/mol. The first kappa shape index (κ1) is 12.4. The Labute approximate surface area is 104 Å². The largest absolute Gasteiger partial charge is 0.351 e. The highest BCUT2D eigenvalue weighted by atomic mass is 16.2. The molecule has 6 heteroatoms. The summed E-state index contributed by atoms with van der Waals surface area (Å²) in [6.07, 6.45) is 0. The number of aromatic amines is 2. The standard InChI is InChI=1S/C12H16N4O2/c1-16(2)7-6-13-11(17)8-4-3-5-9-10(8)15-12(18)14-9/h3-5H,6-7H2,1-2H3,(H,13,17)(H2,14,15,18). The van der Waals surface area contributed by atoms with Gasteiger partial charge in [0.1, 0.15) is 0 Å². The second-order valence-electron chi connectivity index (χ2n) is 4.37. The number of para-hydroxylation sites is 1. The lowest BCUT2D eigenvalue weighted by Gasteiger charge is -2.10. The van der Waals surface area contributed by atoms with Crippen molar-refractivity contribution in [3.63, 3.8) is 0 Å². The number of likely N-dealkylation sites (N-methyl/N-ethyl adjacent to an activating group) is 1. The van der Waals surface area contributed by atoms with Crippen LogP contribution in [0.5, 0.6) is 0 Å². The SMILES string of the molecule is CN(C)CCNC(=O)c1cccc2[nH]c(=O)[nH]c12. The van der Waals surface area contributed by atoms with Crippen molar-refractivity contribution in [3.05, 3.63) is 34.2 Å². The van der Waals surface area contributed by atoms with E-state index < -0.39 is 0 Å². The normalized spacial score (nSPS) is 11.1. The molecule has 96 valence electrons. The maximum Gasteiger partial charge on any atom is 0.323 e. The zero-order chi connectivity index (χ0) is 13.1. The van der Waals surface area contributed by atoms with Crippen molar-refractivity contribution in [2.45, 2.75) is 0 Å². The Bertz CT molecular complexity index is 612. The Kier molecular flexibility index (Phi) is 3.47. The van der Waals surface area contributed by atoms with Gasteiger partial charge in [-0.25, -0.2) is 4.79 Å². The summed E-state index contributed by atoms with van der Waals surface area (Å²) in [4.78, 5) is 30.4. The minimum atomic E-state index is -0.307. The van der Waals surface area contributed by atoms with Gasteiger partial charge < -0.3 is 20.2 Å². The summed E-state index contributed by atoms with van der Waals surface area (Å²) in [5.74, 6) is -0.183. The minimum absolute atomic E-state index is 0.183. The molecule has 3 N–H and O–H groups in total. The number of carbonyl (C=O) groups is 1. The maximum absolute atomic E-state index is 12.0. The molecule has 0 saturated heterocycles. The van der Waals surface area contributed by atoms with Crippen LogP contribution in [0.1, 0.15) is 10.4 Å². The van der Waals surface area contributed by atoms with Crippen molar-refractivity contribution < 1.29 is 4.79 Å². The van der Waals surface area contributed by atoms with Gasteiger partial charge in [-0.1, -0.05) is 6.07 Å². The molecular formula is C12H16N4O2. The number of aromatic nitrogens is 2. The number of carbonyl (C=O) groups excluding carboxylic acids is 1. The van der Waals surface area contributed by atoms with Crippen LogP contribution in [0.3, 0.4) is 0 Å². The molecule has 0 bridgehead atoms. The fourth-order valence-corrected chi connectivity index (χ4v) is 1.74. The molecule has 18 heavy (non-hydrogen) atoms. The van der Waals surface area contributed by atoms with E-state index in [1.54, 1.807) is 18.2 Å². The number of rotatable bonds is 4. The van der Waals surface area contributed by atoms with Gasteiger partial charge in [-0.05, 0) is 26.2 Å². The Morgan fingerprint density at radius 1 is 1.33 bits per heavy atom. The van der Waals surface area contributed by atoms with E-state index in [4.69, 9.17) is 0 Å². The fourth-order valence-electron chi connectivity index (χ4n) is 1.74. The Morgan fingerprint density at radius 3 is 2.83 bits per heavy atom. The summed E-state index contributed by atoms with van der Waals surface area (Å²) in [7, 11) is 3.88.